The summed E-state index contributed by atoms with van der Waals surface area (Å²) >= 11 is 0. The van der Waals surface area contributed by atoms with Crippen LogP contribution < -0.4 is 0 Å². The highest BCUT2D eigenvalue weighted by atomic mass is 32.2. The van der Waals surface area contributed by atoms with E-state index in [-0.39, 0.29) is 0 Å². The van der Waals surface area contributed by atoms with Crippen molar-refractivity contribution in [3.63, 3.8) is 0 Å². The van der Waals surface area contributed by atoms with Crippen molar-refractivity contribution in [1.29, 1.82) is 0 Å². The van der Waals surface area contributed by atoms with Crippen LogP contribution in [0.1, 0.15) is 24.2 Å². The molecule has 0 saturated carbocycles. The first kappa shape index (κ1) is 11.9. The summed E-state index contributed by atoms with van der Waals surface area (Å²) in [5, 5.41) is 0. The fourth-order valence-corrected chi connectivity index (χ4v) is 5.47. The van der Waals surface area contributed by atoms with Crippen molar-refractivity contribution in [2.24, 2.45) is 0 Å². The van der Waals surface area contributed by atoms with E-state index in [1.807, 2.05) is 0 Å². The molecule has 0 spiro atoms. The van der Waals surface area contributed by atoms with Crippen LogP contribution in [-0.2, 0) is 10.9 Å². The minimum Gasteiger partial charge on any atom is -0.313 e. The van der Waals surface area contributed by atoms with Crippen LogP contribution in [-0.4, -0.2) is 16.1 Å². The van der Waals surface area contributed by atoms with Gasteiger partial charge < -0.3 is 4.57 Å². The molecule has 18 heavy (non-hydrogen) atoms. The van der Waals surface area contributed by atoms with Gasteiger partial charge in [0, 0.05) is 28.3 Å². The van der Waals surface area contributed by atoms with Crippen molar-refractivity contribution < 1.29 is 0 Å². The highest BCUT2D eigenvalue weighted by molar-refractivity contribution is 7.97. The lowest BCUT2D eigenvalue weighted by Gasteiger charge is -2.08. The van der Waals surface area contributed by atoms with Crippen LogP contribution in [0.2, 0.25) is 0 Å². The Morgan fingerprint density at radius 2 is 1.67 bits per heavy atom. The minimum atomic E-state index is 0.514. The zero-order valence-electron chi connectivity index (χ0n) is 11.1. The Morgan fingerprint density at radius 3 is 2.33 bits per heavy atom. The molecule has 2 heterocycles. The second kappa shape index (κ2) is 4.85. The molecule has 1 aromatic carbocycles. The number of aryl methyl sites for hydroxylation is 1. The summed E-state index contributed by atoms with van der Waals surface area (Å²) in [5.41, 5.74) is 4.11. The Morgan fingerprint density at radius 1 is 1.00 bits per heavy atom. The van der Waals surface area contributed by atoms with Gasteiger partial charge >= 0.3 is 0 Å². The number of para-hydroxylation sites is 1. The molecule has 0 aliphatic carbocycles. The normalized spacial score (nSPS) is 16.3. The molecule has 0 bridgehead atoms. The highest BCUT2D eigenvalue weighted by Crippen LogP contribution is 2.30. The van der Waals surface area contributed by atoms with E-state index >= 15 is 0 Å². The number of hydrogen-bond acceptors (Lipinski definition) is 0. The lowest BCUT2D eigenvalue weighted by Crippen LogP contribution is -2.06. The van der Waals surface area contributed by atoms with Crippen molar-refractivity contribution in [3.8, 4) is 5.69 Å². The molecule has 2 aromatic rings. The summed E-state index contributed by atoms with van der Waals surface area (Å²) in [5.74, 6) is 2.80. The number of benzene rings is 1. The predicted octanol–water partition coefficient (Wildman–Crippen LogP) is 3.87. The molecule has 1 aliphatic heterocycles. The topological polar surface area (TPSA) is 4.93 Å². The monoisotopic (exact) mass is 258 g/mol. The molecule has 1 saturated heterocycles. The SMILES string of the molecule is Cc1cc([S+]2CCCC2)c(C)n1-c1ccccc1. The second-order valence-electron chi connectivity index (χ2n) is 5.01. The summed E-state index contributed by atoms with van der Waals surface area (Å²) in [4.78, 5) is 1.61. The third-order valence-electron chi connectivity index (χ3n) is 3.74. The van der Waals surface area contributed by atoms with Gasteiger partial charge in [-0.25, -0.2) is 0 Å². The smallest absolute Gasteiger partial charge is 0.176 e. The summed E-state index contributed by atoms with van der Waals surface area (Å²) < 4.78 is 2.40. The Hall–Kier alpha value is -1.15. The molecule has 94 valence electrons. The maximum absolute atomic E-state index is 2.41. The lowest BCUT2D eigenvalue weighted by atomic mass is 10.3. The van der Waals surface area contributed by atoms with Crippen molar-refractivity contribution in [2.75, 3.05) is 11.5 Å². The van der Waals surface area contributed by atoms with Crippen LogP contribution in [0.5, 0.6) is 0 Å². The van der Waals surface area contributed by atoms with E-state index in [1.54, 1.807) is 4.90 Å². The summed E-state index contributed by atoms with van der Waals surface area (Å²) in [6.45, 7) is 4.50. The molecular weight excluding hydrogens is 238 g/mol. The van der Waals surface area contributed by atoms with Crippen LogP contribution in [0.25, 0.3) is 5.69 Å². The van der Waals surface area contributed by atoms with Gasteiger partial charge in [-0.2, -0.15) is 0 Å². The standard InChI is InChI=1S/C16H20NS/c1-13-12-16(18-10-6-7-11-18)14(2)17(13)15-8-4-3-5-9-15/h3-5,8-9,12H,6-7,10-11H2,1-2H3/q+1. The van der Waals surface area contributed by atoms with Gasteiger partial charge in [-0.15, -0.1) is 0 Å². The zero-order valence-corrected chi connectivity index (χ0v) is 12.0. The van der Waals surface area contributed by atoms with Gasteiger partial charge in [0.2, 0.25) is 0 Å². The molecule has 1 nitrogen and oxygen atoms in total. The van der Waals surface area contributed by atoms with E-state index in [0.717, 1.165) is 0 Å². The van der Waals surface area contributed by atoms with Gasteiger partial charge in [-0.3, -0.25) is 0 Å². The van der Waals surface area contributed by atoms with Gasteiger partial charge in [-0.1, -0.05) is 18.2 Å². The second-order valence-corrected chi connectivity index (χ2v) is 7.26. The molecule has 0 unspecified atom stereocenters. The fraction of sp³-hybridized carbons (Fsp3) is 0.375. The first-order valence-electron chi connectivity index (χ1n) is 6.69. The van der Waals surface area contributed by atoms with Crippen molar-refractivity contribution in [3.05, 3.63) is 47.8 Å². The van der Waals surface area contributed by atoms with E-state index < -0.39 is 0 Å². The van der Waals surface area contributed by atoms with E-state index in [0.29, 0.717) is 10.9 Å². The number of aromatic nitrogens is 1. The Labute approximate surface area is 112 Å². The molecule has 1 aromatic heterocycles. The third kappa shape index (κ3) is 1.99. The summed E-state index contributed by atoms with van der Waals surface area (Å²) in [6, 6.07) is 13.1. The van der Waals surface area contributed by atoms with Gasteiger partial charge in [-0.05, 0) is 38.8 Å². The van der Waals surface area contributed by atoms with Gasteiger partial charge in [0.05, 0.1) is 5.69 Å². The number of hydrogen-bond donors (Lipinski definition) is 0. The summed E-state index contributed by atoms with van der Waals surface area (Å²) in [7, 11) is 0.514. The van der Waals surface area contributed by atoms with E-state index in [1.165, 1.54) is 41.4 Å². The minimum absolute atomic E-state index is 0.514. The first-order chi connectivity index (χ1) is 8.77. The highest BCUT2D eigenvalue weighted by Gasteiger charge is 2.31. The van der Waals surface area contributed by atoms with E-state index in [9.17, 15) is 0 Å². The first-order valence-corrected chi connectivity index (χ1v) is 8.25. The molecule has 3 rings (SSSR count). The largest absolute Gasteiger partial charge is 0.313 e. The molecule has 1 aliphatic rings. The quantitative estimate of drug-likeness (QED) is 0.721. The Bertz CT molecular complexity index is 536. The molecule has 1 fully saturated rings. The number of rotatable bonds is 2. The van der Waals surface area contributed by atoms with Crippen molar-refractivity contribution >= 4 is 10.9 Å². The molecule has 0 N–H and O–H groups in total. The van der Waals surface area contributed by atoms with Gasteiger partial charge in [0.25, 0.3) is 0 Å². The maximum atomic E-state index is 2.41. The molecule has 0 amide bonds. The van der Waals surface area contributed by atoms with Crippen LogP contribution in [0, 0.1) is 13.8 Å². The molecule has 2 heteroatoms. The van der Waals surface area contributed by atoms with Crippen LogP contribution >= 0.6 is 0 Å². The Kier molecular flexibility index (Phi) is 3.21. The predicted molar refractivity (Wildman–Crippen MR) is 79.8 cm³/mol. The molecule has 0 atom stereocenters. The van der Waals surface area contributed by atoms with E-state index in [2.05, 4.69) is 54.8 Å². The van der Waals surface area contributed by atoms with Crippen molar-refractivity contribution in [2.45, 2.75) is 31.6 Å². The number of nitrogens with zero attached hydrogens (tertiary/aromatic N) is 1. The van der Waals surface area contributed by atoms with Gasteiger partial charge in [0.15, 0.2) is 4.90 Å². The Balaban J connectivity index is 2.06. The van der Waals surface area contributed by atoms with E-state index in [4.69, 9.17) is 0 Å². The molecular formula is C16H20NS+. The summed E-state index contributed by atoms with van der Waals surface area (Å²) in [6.07, 6.45) is 2.83. The van der Waals surface area contributed by atoms with Gasteiger partial charge in [0.1, 0.15) is 11.5 Å². The third-order valence-corrected chi connectivity index (χ3v) is 6.34. The van der Waals surface area contributed by atoms with Crippen LogP contribution in [0.3, 0.4) is 0 Å². The maximum Gasteiger partial charge on any atom is 0.176 e. The lowest BCUT2D eigenvalue weighted by molar-refractivity contribution is 0.949. The average Bonchev–Trinajstić information content (AvgIpc) is 2.99. The van der Waals surface area contributed by atoms with Crippen molar-refractivity contribution in [1.82, 2.24) is 4.57 Å². The van der Waals surface area contributed by atoms with Crippen LogP contribution in [0.15, 0.2) is 41.3 Å². The fourth-order valence-electron chi connectivity index (χ4n) is 2.87. The van der Waals surface area contributed by atoms with Crippen LogP contribution in [0.4, 0.5) is 0 Å². The molecule has 0 radical (unpaired) electrons. The average molecular weight is 258 g/mol. The zero-order chi connectivity index (χ0) is 12.5.